The van der Waals surface area contributed by atoms with Gasteiger partial charge in [0.1, 0.15) is 17.1 Å². The summed E-state index contributed by atoms with van der Waals surface area (Å²) in [6, 6.07) is 16.3. The van der Waals surface area contributed by atoms with Crippen molar-refractivity contribution in [1.82, 2.24) is 14.5 Å². The lowest BCUT2D eigenvalue weighted by Crippen LogP contribution is -2.50. The van der Waals surface area contributed by atoms with Gasteiger partial charge in [0, 0.05) is 26.1 Å². The van der Waals surface area contributed by atoms with Crippen LogP contribution in [0.1, 0.15) is 31.1 Å². The van der Waals surface area contributed by atoms with Crippen molar-refractivity contribution in [3.05, 3.63) is 54.4 Å². The van der Waals surface area contributed by atoms with Crippen molar-refractivity contribution >= 4 is 22.6 Å². The number of ether oxygens (including phenoxy) is 1. The van der Waals surface area contributed by atoms with E-state index in [2.05, 4.69) is 34.7 Å². The summed E-state index contributed by atoms with van der Waals surface area (Å²) >= 11 is 0. The summed E-state index contributed by atoms with van der Waals surface area (Å²) < 4.78 is 7.77. The van der Waals surface area contributed by atoms with E-state index in [0.29, 0.717) is 5.92 Å². The molecule has 3 aliphatic heterocycles. The molecule has 2 aromatic carbocycles. The van der Waals surface area contributed by atoms with Crippen molar-refractivity contribution in [2.75, 3.05) is 25.1 Å². The summed E-state index contributed by atoms with van der Waals surface area (Å²) in [7, 11) is 3.77. The van der Waals surface area contributed by atoms with E-state index in [-0.39, 0.29) is 11.9 Å². The van der Waals surface area contributed by atoms with Crippen molar-refractivity contribution < 1.29 is 9.53 Å². The van der Waals surface area contributed by atoms with Crippen LogP contribution in [-0.4, -0.2) is 46.1 Å². The van der Waals surface area contributed by atoms with Crippen LogP contribution in [0.3, 0.4) is 0 Å². The van der Waals surface area contributed by atoms with E-state index >= 15 is 0 Å². The average molecular weight is 402 g/mol. The molecule has 1 amide bonds. The van der Waals surface area contributed by atoms with Gasteiger partial charge in [-0.15, -0.1) is 0 Å². The first-order valence-electron chi connectivity index (χ1n) is 10.8. The lowest BCUT2D eigenvalue weighted by molar-refractivity contribution is -0.126. The Hall–Kier alpha value is -2.86. The third-order valence-corrected chi connectivity index (χ3v) is 7.54. The van der Waals surface area contributed by atoms with E-state index in [4.69, 9.17) is 9.72 Å². The molecular weight excluding hydrogens is 376 g/mol. The van der Waals surface area contributed by atoms with Crippen LogP contribution in [0, 0.1) is 5.92 Å². The number of hydrogen-bond acceptors (Lipinski definition) is 4. The average Bonchev–Trinajstić information content (AvgIpc) is 3.49. The molecule has 3 aromatic rings. The highest BCUT2D eigenvalue weighted by molar-refractivity contribution is 6.04. The number of hydrogen-bond donors (Lipinski definition) is 0. The predicted molar refractivity (Wildman–Crippen MR) is 116 cm³/mol. The molecule has 3 fully saturated rings. The molecule has 4 heterocycles. The van der Waals surface area contributed by atoms with Crippen molar-refractivity contribution in [3.8, 4) is 5.75 Å². The van der Waals surface area contributed by atoms with Gasteiger partial charge in [0.05, 0.1) is 29.9 Å². The minimum absolute atomic E-state index is 0.193. The van der Waals surface area contributed by atoms with Gasteiger partial charge in [-0.25, -0.2) is 4.98 Å². The first-order chi connectivity index (χ1) is 14.6. The van der Waals surface area contributed by atoms with E-state index in [9.17, 15) is 4.79 Å². The lowest BCUT2D eigenvalue weighted by Gasteiger charge is -2.33. The first kappa shape index (κ1) is 18.0. The zero-order chi connectivity index (χ0) is 20.5. The minimum atomic E-state index is -0.399. The summed E-state index contributed by atoms with van der Waals surface area (Å²) in [4.78, 5) is 23.3. The summed E-state index contributed by atoms with van der Waals surface area (Å²) in [5.41, 5.74) is 2.67. The molecule has 1 spiro atoms. The second-order valence-corrected chi connectivity index (χ2v) is 8.77. The number of anilines is 1. The number of nitrogens with zero attached hydrogens (tertiary/aromatic N) is 4. The standard InChI is InChI=1S/C24H26N4O2/c1-26-18-9-4-3-8-17(18)25-22(26)20-14-16-15-27(19-10-5-6-11-21(19)30-2)23(29)24(16)12-7-13-28(20)24/h3-6,8-11,16,20H,7,12-15H2,1-2H3/t16-,20-,24-/m0/s1. The molecule has 30 heavy (non-hydrogen) atoms. The van der Waals surface area contributed by atoms with Gasteiger partial charge in [-0.1, -0.05) is 24.3 Å². The molecule has 0 unspecified atom stereocenters. The number of benzene rings is 2. The van der Waals surface area contributed by atoms with Crippen LogP contribution in [0.15, 0.2) is 48.5 Å². The van der Waals surface area contributed by atoms with E-state index in [1.54, 1.807) is 7.11 Å². The number of para-hydroxylation sites is 4. The summed E-state index contributed by atoms with van der Waals surface area (Å²) in [6.07, 6.45) is 2.96. The highest BCUT2D eigenvalue weighted by atomic mass is 16.5. The zero-order valence-corrected chi connectivity index (χ0v) is 17.4. The van der Waals surface area contributed by atoms with E-state index in [0.717, 1.165) is 60.6 Å². The number of aromatic nitrogens is 2. The Labute approximate surface area is 176 Å². The van der Waals surface area contributed by atoms with E-state index < -0.39 is 5.54 Å². The Morgan fingerprint density at radius 1 is 1.13 bits per heavy atom. The Morgan fingerprint density at radius 2 is 1.93 bits per heavy atom. The number of amides is 1. The third-order valence-electron chi connectivity index (χ3n) is 7.54. The molecule has 0 N–H and O–H groups in total. The Bertz CT molecular complexity index is 1160. The number of fused-ring (bicyclic) bond motifs is 1. The summed E-state index contributed by atoms with van der Waals surface area (Å²) in [5, 5.41) is 0. The van der Waals surface area contributed by atoms with Gasteiger partial charge in [-0.3, -0.25) is 9.69 Å². The summed E-state index contributed by atoms with van der Waals surface area (Å²) in [6.45, 7) is 1.70. The van der Waals surface area contributed by atoms with Crippen LogP contribution >= 0.6 is 0 Å². The number of rotatable bonds is 3. The first-order valence-corrected chi connectivity index (χ1v) is 10.8. The fraction of sp³-hybridized carbons (Fsp3) is 0.417. The molecule has 6 nitrogen and oxygen atoms in total. The largest absolute Gasteiger partial charge is 0.495 e. The molecule has 6 rings (SSSR count). The van der Waals surface area contributed by atoms with Crippen molar-refractivity contribution in [2.45, 2.75) is 30.8 Å². The maximum Gasteiger partial charge on any atom is 0.248 e. The second-order valence-electron chi connectivity index (χ2n) is 8.77. The van der Waals surface area contributed by atoms with Gasteiger partial charge >= 0.3 is 0 Å². The molecule has 0 saturated carbocycles. The van der Waals surface area contributed by atoms with E-state index in [1.807, 2.05) is 35.2 Å². The van der Waals surface area contributed by atoms with Crippen LogP contribution in [0.2, 0.25) is 0 Å². The second kappa shape index (κ2) is 6.32. The van der Waals surface area contributed by atoms with Crippen LogP contribution in [0.5, 0.6) is 5.75 Å². The molecule has 3 atom stereocenters. The number of carbonyl (C=O) groups is 1. The minimum Gasteiger partial charge on any atom is -0.495 e. The van der Waals surface area contributed by atoms with Crippen LogP contribution in [0.4, 0.5) is 5.69 Å². The van der Waals surface area contributed by atoms with Gasteiger partial charge in [0.2, 0.25) is 5.91 Å². The van der Waals surface area contributed by atoms with Crippen LogP contribution in [0.25, 0.3) is 11.0 Å². The van der Waals surface area contributed by atoms with Gasteiger partial charge in [0.25, 0.3) is 0 Å². The fourth-order valence-corrected chi connectivity index (χ4v) is 6.26. The van der Waals surface area contributed by atoms with E-state index in [1.165, 1.54) is 0 Å². The topological polar surface area (TPSA) is 50.6 Å². The maximum absolute atomic E-state index is 13.9. The van der Waals surface area contributed by atoms with Gasteiger partial charge in [-0.05, 0) is 43.5 Å². The van der Waals surface area contributed by atoms with Gasteiger partial charge in [-0.2, -0.15) is 0 Å². The Kier molecular flexibility index (Phi) is 3.78. The number of carbonyl (C=O) groups excluding carboxylic acids is 1. The Balaban J connectivity index is 1.40. The molecule has 3 aliphatic rings. The maximum atomic E-state index is 13.9. The molecule has 154 valence electrons. The highest BCUT2D eigenvalue weighted by Crippen LogP contribution is 2.57. The predicted octanol–water partition coefficient (Wildman–Crippen LogP) is 3.52. The number of aryl methyl sites for hydroxylation is 1. The van der Waals surface area contributed by atoms with Gasteiger partial charge < -0.3 is 14.2 Å². The fourth-order valence-electron chi connectivity index (χ4n) is 6.26. The molecule has 0 bridgehead atoms. The molecular formula is C24H26N4O2. The molecule has 1 aromatic heterocycles. The Morgan fingerprint density at radius 3 is 2.77 bits per heavy atom. The van der Waals surface area contributed by atoms with Crippen molar-refractivity contribution in [2.24, 2.45) is 13.0 Å². The zero-order valence-electron chi connectivity index (χ0n) is 17.4. The molecule has 0 radical (unpaired) electrons. The van der Waals surface area contributed by atoms with Crippen LogP contribution < -0.4 is 9.64 Å². The molecule has 0 aliphatic carbocycles. The van der Waals surface area contributed by atoms with Crippen LogP contribution in [-0.2, 0) is 11.8 Å². The summed E-state index contributed by atoms with van der Waals surface area (Å²) in [5.74, 6) is 2.39. The quantitative estimate of drug-likeness (QED) is 0.673. The number of methoxy groups -OCH3 is 1. The smallest absolute Gasteiger partial charge is 0.248 e. The lowest BCUT2D eigenvalue weighted by atomic mass is 9.85. The van der Waals surface area contributed by atoms with Crippen molar-refractivity contribution in [1.29, 1.82) is 0 Å². The van der Waals surface area contributed by atoms with Gasteiger partial charge in [0.15, 0.2) is 0 Å². The normalized spacial score (nSPS) is 28.3. The van der Waals surface area contributed by atoms with Crippen molar-refractivity contribution in [3.63, 3.8) is 0 Å². The highest BCUT2D eigenvalue weighted by Gasteiger charge is 2.66. The monoisotopic (exact) mass is 402 g/mol. The SMILES string of the molecule is COc1ccccc1N1C[C@@H]2C[C@@H](c3nc4ccccc4n3C)N3CCC[C@@]23C1=O. The third kappa shape index (κ3) is 2.17. The molecule has 6 heteroatoms. The molecule has 3 saturated heterocycles. The number of imidazole rings is 1.